The van der Waals surface area contributed by atoms with Gasteiger partial charge in [-0.1, -0.05) is 11.6 Å². The van der Waals surface area contributed by atoms with Crippen molar-refractivity contribution in [1.82, 2.24) is 0 Å². The van der Waals surface area contributed by atoms with E-state index < -0.39 is 17.8 Å². The summed E-state index contributed by atoms with van der Waals surface area (Å²) in [7, 11) is 1.29. The van der Waals surface area contributed by atoms with Crippen LogP contribution in [-0.4, -0.2) is 37.3 Å². The smallest absolute Gasteiger partial charge is 0.337 e. The van der Waals surface area contributed by atoms with Gasteiger partial charge >= 0.3 is 11.9 Å². The van der Waals surface area contributed by atoms with Gasteiger partial charge in [0.25, 0.3) is 5.91 Å². The summed E-state index contributed by atoms with van der Waals surface area (Å²) in [6.45, 7) is -0.372. The Labute approximate surface area is 163 Å². The van der Waals surface area contributed by atoms with Gasteiger partial charge in [-0.15, -0.1) is 23.1 Å². The number of carbonyl (C=O) groups excluding carboxylic acids is 3. The molecule has 1 aromatic carbocycles. The van der Waals surface area contributed by atoms with Crippen molar-refractivity contribution in [1.29, 1.82) is 0 Å². The van der Waals surface area contributed by atoms with Gasteiger partial charge in [-0.3, -0.25) is 9.59 Å². The monoisotopic (exact) mass is 413 g/mol. The fourth-order valence-electron chi connectivity index (χ4n) is 1.86. The van der Waals surface area contributed by atoms with Crippen molar-refractivity contribution >= 4 is 58.2 Å². The van der Waals surface area contributed by atoms with Crippen LogP contribution in [-0.2, 0) is 24.8 Å². The lowest BCUT2D eigenvalue weighted by Crippen LogP contribution is -2.21. The van der Waals surface area contributed by atoms with Crippen LogP contribution in [0.15, 0.2) is 36.4 Å². The first-order valence-electron chi connectivity index (χ1n) is 7.43. The number of esters is 2. The minimum atomic E-state index is -0.464. The number of halogens is 1. The van der Waals surface area contributed by atoms with Gasteiger partial charge in [-0.2, -0.15) is 0 Å². The van der Waals surface area contributed by atoms with Crippen LogP contribution in [0.25, 0.3) is 0 Å². The third-order valence-electron chi connectivity index (χ3n) is 3.05. The van der Waals surface area contributed by atoms with Gasteiger partial charge in [-0.05, 0) is 36.4 Å². The first-order valence-corrected chi connectivity index (χ1v) is 9.78. The van der Waals surface area contributed by atoms with Crippen LogP contribution in [0.5, 0.6) is 0 Å². The van der Waals surface area contributed by atoms with Crippen molar-refractivity contribution in [2.24, 2.45) is 0 Å². The first-order chi connectivity index (χ1) is 12.5. The molecule has 1 aromatic heterocycles. The van der Waals surface area contributed by atoms with Crippen LogP contribution < -0.4 is 5.32 Å². The van der Waals surface area contributed by atoms with E-state index in [1.54, 1.807) is 12.1 Å². The van der Waals surface area contributed by atoms with Crippen molar-refractivity contribution < 1.29 is 23.9 Å². The average Bonchev–Trinajstić information content (AvgIpc) is 3.05. The molecule has 0 saturated carbocycles. The maximum Gasteiger partial charge on any atom is 0.337 e. The molecule has 2 aromatic rings. The number of benzene rings is 1. The van der Waals surface area contributed by atoms with Crippen molar-refractivity contribution in [2.45, 2.75) is 5.75 Å². The number of methoxy groups -OCH3 is 1. The number of carbonyl (C=O) groups is 3. The SMILES string of the molecule is COC(=O)c1ccc(NC(=O)COC(=O)CSCc2ccc(Cl)s2)cc1. The van der Waals surface area contributed by atoms with Crippen molar-refractivity contribution in [3.8, 4) is 0 Å². The number of hydrogen-bond donors (Lipinski definition) is 1. The van der Waals surface area contributed by atoms with Gasteiger partial charge in [0.05, 0.1) is 22.8 Å². The minimum absolute atomic E-state index is 0.149. The number of ether oxygens (including phenoxy) is 2. The molecule has 0 saturated heterocycles. The quantitative estimate of drug-likeness (QED) is 0.666. The Hall–Kier alpha value is -2.03. The maximum atomic E-state index is 11.8. The van der Waals surface area contributed by atoms with E-state index in [0.717, 1.165) is 4.88 Å². The largest absolute Gasteiger partial charge is 0.465 e. The molecule has 0 aliphatic heterocycles. The normalized spacial score (nSPS) is 10.2. The Morgan fingerprint density at radius 1 is 1.15 bits per heavy atom. The van der Waals surface area contributed by atoms with Gasteiger partial charge in [0.1, 0.15) is 0 Å². The molecule has 0 fully saturated rings. The highest BCUT2D eigenvalue weighted by atomic mass is 35.5. The summed E-state index contributed by atoms with van der Waals surface area (Å²) in [5.41, 5.74) is 0.864. The van der Waals surface area contributed by atoms with Gasteiger partial charge in [0.2, 0.25) is 0 Å². The number of hydrogen-bond acceptors (Lipinski definition) is 7. The molecule has 0 bridgehead atoms. The number of nitrogens with one attached hydrogen (secondary N) is 1. The Bertz CT molecular complexity index is 776. The van der Waals surface area contributed by atoms with Crippen LogP contribution in [0, 0.1) is 0 Å². The second-order valence-corrected chi connectivity index (χ2v) is 7.76. The lowest BCUT2D eigenvalue weighted by Gasteiger charge is -2.07. The molecule has 0 spiro atoms. The van der Waals surface area contributed by atoms with E-state index in [1.165, 1.54) is 42.3 Å². The Morgan fingerprint density at radius 2 is 1.88 bits per heavy atom. The summed E-state index contributed by atoms with van der Waals surface area (Å²) in [4.78, 5) is 35.8. The summed E-state index contributed by atoms with van der Waals surface area (Å²) in [6.07, 6.45) is 0. The molecule has 1 amide bonds. The maximum absolute atomic E-state index is 11.8. The molecule has 0 atom stereocenters. The molecule has 0 unspecified atom stereocenters. The molecule has 1 heterocycles. The third-order valence-corrected chi connectivity index (χ3v) is 5.42. The fourth-order valence-corrected chi connectivity index (χ4v) is 3.87. The van der Waals surface area contributed by atoms with E-state index in [1.807, 2.05) is 12.1 Å². The van der Waals surface area contributed by atoms with E-state index in [2.05, 4.69) is 10.1 Å². The highest BCUT2D eigenvalue weighted by molar-refractivity contribution is 7.99. The second-order valence-electron chi connectivity index (χ2n) is 4.98. The molecule has 6 nitrogen and oxygen atoms in total. The third kappa shape index (κ3) is 6.70. The highest BCUT2D eigenvalue weighted by Crippen LogP contribution is 2.25. The van der Waals surface area contributed by atoms with Crippen molar-refractivity contribution in [3.05, 3.63) is 51.2 Å². The van der Waals surface area contributed by atoms with E-state index in [9.17, 15) is 14.4 Å². The molecule has 26 heavy (non-hydrogen) atoms. The lowest BCUT2D eigenvalue weighted by molar-refractivity contribution is -0.144. The Kier molecular flexibility index (Phi) is 7.96. The standard InChI is InChI=1S/C17H16ClNO5S2/c1-23-17(22)11-2-4-12(5-3-11)19-15(20)8-24-16(21)10-25-9-13-6-7-14(18)26-13/h2-7H,8-10H2,1H3,(H,19,20). The summed E-state index contributed by atoms with van der Waals surface area (Å²) in [6, 6.07) is 9.90. The van der Waals surface area contributed by atoms with Crippen LogP contribution in [0.1, 0.15) is 15.2 Å². The van der Waals surface area contributed by atoms with Crippen LogP contribution in [0.2, 0.25) is 4.34 Å². The minimum Gasteiger partial charge on any atom is -0.465 e. The van der Waals surface area contributed by atoms with Crippen molar-refractivity contribution in [2.75, 3.05) is 24.8 Å². The van der Waals surface area contributed by atoms with Crippen LogP contribution >= 0.6 is 34.7 Å². The first kappa shape index (κ1) is 20.3. The molecule has 0 aliphatic carbocycles. The van der Waals surface area contributed by atoms with E-state index >= 15 is 0 Å². The number of rotatable bonds is 8. The molecule has 138 valence electrons. The summed E-state index contributed by atoms with van der Waals surface area (Å²) in [5, 5.41) is 2.58. The fraction of sp³-hybridized carbons (Fsp3) is 0.235. The number of thiophene rings is 1. The predicted molar refractivity (Wildman–Crippen MR) is 103 cm³/mol. The lowest BCUT2D eigenvalue weighted by atomic mass is 10.2. The van der Waals surface area contributed by atoms with Crippen molar-refractivity contribution in [3.63, 3.8) is 0 Å². The number of amides is 1. The Balaban J connectivity index is 1.67. The van der Waals surface area contributed by atoms with E-state index in [0.29, 0.717) is 21.3 Å². The van der Waals surface area contributed by atoms with Gasteiger partial charge < -0.3 is 14.8 Å². The predicted octanol–water partition coefficient (Wildman–Crippen LogP) is 3.60. The zero-order chi connectivity index (χ0) is 18.9. The van der Waals surface area contributed by atoms with Gasteiger partial charge in [0.15, 0.2) is 6.61 Å². The number of thioether (sulfide) groups is 1. The van der Waals surface area contributed by atoms with Gasteiger partial charge in [0, 0.05) is 16.3 Å². The highest BCUT2D eigenvalue weighted by Gasteiger charge is 2.10. The van der Waals surface area contributed by atoms with Crippen LogP contribution in [0.4, 0.5) is 5.69 Å². The molecule has 1 N–H and O–H groups in total. The average molecular weight is 414 g/mol. The van der Waals surface area contributed by atoms with E-state index in [4.69, 9.17) is 16.3 Å². The number of anilines is 1. The molecule has 2 rings (SSSR count). The molecule has 0 radical (unpaired) electrons. The second kappa shape index (κ2) is 10.2. The summed E-state index contributed by atoms with van der Waals surface area (Å²) >= 11 is 8.69. The van der Waals surface area contributed by atoms with E-state index in [-0.39, 0.29) is 12.4 Å². The van der Waals surface area contributed by atoms with Crippen LogP contribution in [0.3, 0.4) is 0 Å². The molecular formula is C17H16ClNO5S2. The zero-order valence-corrected chi connectivity index (χ0v) is 16.2. The Morgan fingerprint density at radius 3 is 2.50 bits per heavy atom. The zero-order valence-electron chi connectivity index (χ0n) is 13.8. The molecule has 9 heteroatoms. The topological polar surface area (TPSA) is 81.7 Å². The summed E-state index contributed by atoms with van der Waals surface area (Å²) < 4.78 is 10.2. The molecular weight excluding hydrogens is 398 g/mol. The summed E-state index contributed by atoms with van der Waals surface area (Å²) in [5.74, 6) is -0.575. The van der Waals surface area contributed by atoms with Gasteiger partial charge in [-0.25, -0.2) is 4.79 Å². The molecule has 0 aliphatic rings.